The summed E-state index contributed by atoms with van der Waals surface area (Å²) in [7, 11) is 1.53. The fraction of sp³-hybridized carbons (Fsp3) is 0.312. The van der Waals surface area contributed by atoms with E-state index in [1.165, 1.54) is 20.0 Å². The summed E-state index contributed by atoms with van der Waals surface area (Å²) in [4.78, 5) is 14.5. The molecule has 1 aliphatic rings. The van der Waals surface area contributed by atoms with Crippen molar-refractivity contribution in [3.05, 3.63) is 41.0 Å². The quantitative estimate of drug-likeness (QED) is 0.932. The summed E-state index contributed by atoms with van der Waals surface area (Å²) in [5.74, 6) is 0.981. The van der Waals surface area contributed by atoms with E-state index in [1.54, 1.807) is 24.3 Å². The Labute approximate surface area is 139 Å². The maximum Gasteiger partial charge on any atom is 0.276 e. The van der Waals surface area contributed by atoms with E-state index in [0.29, 0.717) is 16.5 Å². The highest BCUT2D eigenvalue weighted by molar-refractivity contribution is 6.31. The molecule has 1 aliphatic heterocycles. The number of carbonyl (C=O) groups excluding carboxylic acids is 1. The van der Waals surface area contributed by atoms with E-state index in [1.807, 2.05) is 6.07 Å². The molecule has 7 heteroatoms. The normalized spacial score (nSPS) is 13.9. The second kappa shape index (κ2) is 6.83. The monoisotopic (exact) mass is 332 g/mol. The smallest absolute Gasteiger partial charge is 0.276 e. The number of methoxy groups -OCH3 is 1. The van der Waals surface area contributed by atoms with Crippen molar-refractivity contribution in [2.24, 2.45) is 0 Å². The minimum atomic E-state index is -0.356. The second-order valence-electron chi connectivity index (χ2n) is 5.27. The Kier molecular flexibility index (Phi) is 4.62. The number of nitrogens with one attached hydrogen (secondary N) is 1. The standard InChI is InChI=1S/C16H17ClN4O2/c1-23-14-6-4-11(17)10-13(14)18-16(22)12-5-7-15(20-19-12)21-8-2-3-9-21/h4-7,10H,2-3,8-9H2,1H3,(H,18,22). The maximum atomic E-state index is 12.3. The molecule has 3 rings (SSSR count). The molecule has 1 fully saturated rings. The van der Waals surface area contributed by atoms with Crippen LogP contribution < -0.4 is 15.0 Å². The summed E-state index contributed by atoms with van der Waals surface area (Å²) in [5.41, 5.74) is 0.741. The van der Waals surface area contributed by atoms with Gasteiger partial charge in [-0.1, -0.05) is 11.6 Å². The van der Waals surface area contributed by atoms with Crippen molar-refractivity contribution in [1.82, 2.24) is 10.2 Å². The van der Waals surface area contributed by atoms with Gasteiger partial charge in [-0.05, 0) is 43.2 Å². The predicted octanol–water partition coefficient (Wildman–Crippen LogP) is 2.99. The number of hydrogen-bond donors (Lipinski definition) is 1. The lowest BCUT2D eigenvalue weighted by molar-refractivity contribution is 0.102. The van der Waals surface area contributed by atoms with Crippen LogP contribution in [0.25, 0.3) is 0 Å². The molecule has 0 radical (unpaired) electrons. The van der Waals surface area contributed by atoms with Crippen LogP contribution in [0.2, 0.25) is 5.02 Å². The molecule has 120 valence electrons. The molecule has 1 amide bonds. The Morgan fingerprint density at radius 1 is 1.22 bits per heavy atom. The summed E-state index contributed by atoms with van der Waals surface area (Å²) in [6, 6.07) is 8.51. The van der Waals surface area contributed by atoms with Crippen molar-refractivity contribution < 1.29 is 9.53 Å². The zero-order valence-corrected chi connectivity index (χ0v) is 13.5. The maximum absolute atomic E-state index is 12.3. The van der Waals surface area contributed by atoms with E-state index in [2.05, 4.69) is 20.4 Å². The van der Waals surface area contributed by atoms with Crippen LogP contribution in [0.4, 0.5) is 11.5 Å². The molecule has 6 nitrogen and oxygen atoms in total. The molecule has 2 heterocycles. The van der Waals surface area contributed by atoms with Crippen molar-refractivity contribution in [3.8, 4) is 5.75 Å². The highest BCUT2D eigenvalue weighted by Gasteiger charge is 2.16. The first-order chi connectivity index (χ1) is 11.2. The number of hydrogen-bond acceptors (Lipinski definition) is 5. The summed E-state index contributed by atoms with van der Waals surface area (Å²) >= 11 is 5.96. The van der Waals surface area contributed by atoms with Gasteiger partial charge in [0.1, 0.15) is 5.75 Å². The first-order valence-electron chi connectivity index (χ1n) is 7.41. The van der Waals surface area contributed by atoms with Crippen LogP contribution in [0.3, 0.4) is 0 Å². The number of halogens is 1. The van der Waals surface area contributed by atoms with Crippen molar-refractivity contribution >= 4 is 29.0 Å². The molecule has 0 atom stereocenters. The minimum Gasteiger partial charge on any atom is -0.495 e. The Morgan fingerprint density at radius 3 is 2.65 bits per heavy atom. The van der Waals surface area contributed by atoms with Crippen molar-refractivity contribution in [3.63, 3.8) is 0 Å². The number of nitrogens with zero attached hydrogens (tertiary/aromatic N) is 3. The Hall–Kier alpha value is -2.34. The van der Waals surface area contributed by atoms with Gasteiger partial charge in [-0.3, -0.25) is 4.79 Å². The third-order valence-corrected chi connectivity index (χ3v) is 3.96. The molecule has 1 aromatic heterocycles. The van der Waals surface area contributed by atoms with Gasteiger partial charge >= 0.3 is 0 Å². The van der Waals surface area contributed by atoms with Crippen LogP contribution in [0.15, 0.2) is 30.3 Å². The average molecular weight is 333 g/mol. The summed E-state index contributed by atoms with van der Waals surface area (Å²) in [5, 5.41) is 11.4. The highest BCUT2D eigenvalue weighted by atomic mass is 35.5. The summed E-state index contributed by atoms with van der Waals surface area (Å²) < 4.78 is 5.21. The van der Waals surface area contributed by atoms with Crippen LogP contribution in [-0.4, -0.2) is 36.3 Å². The number of rotatable bonds is 4. The zero-order valence-electron chi connectivity index (χ0n) is 12.8. The first kappa shape index (κ1) is 15.6. The van der Waals surface area contributed by atoms with Crippen LogP contribution in [-0.2, 0) is 0 Å². The number of aromatic nitrogens is 2. The number of anilines is 2. The zero-order chi connectivity index (χ0) is 16.2. The molecular formula is C16H17ClN4O2. The molecule has 1 saturated heterocycles. The fourth-order valence-electron chi connectivity index (χ4n) is 2.53. The van der Waals surface area contributed by atoms with Gasteiger partial charge in [0.2, 0.25) is 0 Å². The molecule has 0 aliphatic carbocycles. The third kappa shape index (κ3) is 3.53. The Bertz CT molecular complexity index is 700. The van der Waals surface area contributed by atoms with Gasteiger partial charge in [0, 0.05) is 18.1 Å². The van der Waals surface area contributed by atoms with Gasteiger partial charge in [0.05, 0.1) is 12.8 Å². The van der Waals surface area contributed by atoms with Gasteiger partial charge < -0.3 is 15.0 Å². The van der Waals surface area contributed by atoms with E-state index >= 15 is 0 Å². The first-order valence-corrected chi connectivity index (χ1v) is 7.79. The average Bonchev–Trinajstić information content (AvgIpc) is 3.10. The van der Waals surface area contributed by atoms with Crippen LogP contribution >= 0.6 is 11.6 Å². The molecular weight excluding hydrogens is 316 g/mol. The van der Waals surface area contributed by atoms with Gasteiger partial charge in [0.15, 0.2) is 11.5 Å². The lowest BCUT2D eigenvalue weighted by atomic mass is 10.2. The molecule has 0 bridgehead atoms. The van der Waals surface area contributed by atoms with Gasteiger partial charge in [-0.15, -0.1) is 10.2 Å². The molecule has 0 spiro atoms. The number of carbonyl (C=O) groups is 1. The van der Waals surface area contributed by atoms with Crippen molar-refractivity contribution in [2.75, 3.05) is 30.4 Å². The van der Waals surface area contributed by atoms with Gasteiger partial charge in [0.25, 0.3) is 5.91 Å². The molecule has 23 heavy (non-hydrogen) atoms. The topological polar surface area (TPSA) is 67.3 Å². The number of ether oxygens (including phenoxy) is 1. The van der Waals surface area contributed by atoms with E-state index in [-0.39, 0.29) is 11.6 Å². The van der Waals surface area contributed by atoms with Crippen molar-refractivity contribution in [1.29, 1.82) is 0 Å². The molecule has 1 aromatic carbocycles. The number of benzene rings is 1. The molecule has 1 N–H and O–H groups in total. The predicted molar refractivity (Wildman–Crippen MR) is 89.4 cm³/mol. The molecule has 2 aromatic rings. The van der Waals surface area contributed by atoms with E-state index < -0.39 is 0 Å². The van der Waals surface area contributed by atoms with Gasteiger partial charge in [-0.25, -0.2) is 0 Å². The largest absolute Gasteiger partial charge is 0.495 e. The van der Waals surface area contributed by atoms with E-state index in [9.17, 15) is 4.79 Å². The molecule has 0 saturated carbocycles. The summed E-state index contributed by atoms with van der Waals surface area (Å²) in [6.07, 6.45) is 2.33. The van der Waals surface area contributed by atoms with Crippen LogP contribution in [0.1, 0.15) is 23.3 Å². The number of amides is 1. The lowest BCUT2D eigenvalue weighted by Crippen LogP contribution is -2.21. The highest BCUT2D eigenvalue weighted by Crippen LogP contribution is 2.28. The van der Waals surface area contributed by atoms with Gasteiger partial charge in [-0.2, -0.15) is 0 Å². The minimum absolute atomic E-state index is 0.245. The van der Waals surface area contributed by atoms with Crippen LogP contribution in [0, 0.1) is 0 Å². The van der Waals surface area contributed by atoms with E-state index in [4.69, 9.17) is 16.3 Å². The van der Waals surface area contributed by atoms with E-state index in [0.717, 1.165) is 18.9 Å². The second-order valence-corrected chi connectivity index (χ2v) is 5.71. The van der Waals surface area contributed by atoms with Crippen LogP contribution in [0.5, 0.6) is 5.75 Å². The Balaban J connectivity index is 1.74. The molecule has 0 unspecified atom stereocenters. The van der Waals surface area contributed by atoms with Crippen molar-refractivity contribution in [2.45, 2.75) is 12.8 Å². The fourth-order valence-corrected chi connectivity index (χ4v) is 2.70. The SMILES string of the molecule is COc1ccc(Cl)cc1NC(=O)c1ccc(N2CCCC2)nn1. The lowest BCUT2D eigenvalue weighted by Gasteiger charge is -2.15. The third-order valence-electron chi connectivity index (χ3n) is 3.72. The summed E-state index contributed by atoms with van der Waals surface area (Å²) in [6.45, 7) is 1.97. The Morgan fingerprint density at radius 2 is 2.00 bits per heavy atom.